The third kappa shape index (κ3) is 6.62. The van der Waals surface area contributed by atoms with E-state index in [2.05, 4.69) is 0 Å². The Balaban J connectivity index is 1.47. The number of hydrogen-bond donors (Lipinski definition) is 0. The Kier molecular flexibility index (Phi) is 8.42. The van der Waals surface area contributed by atoms with E-state index in [0.29, 0.717) is 32.0 Å². The molecule has 5 nitrogen and oxygen atoms in total. The molecule has 0 aliphatic carbocycles. The molecule has 170 valence electrons. The van der Waals surface area contributed by atoms with Gasteiger partial charge in [0.1, 0.15) is 18.3 Å². The molecule has 0 bridgehead atoms. The maximum absolute atomic E-state index is 11.8. The van der Waals surface area contributed by atoms with Crippen molar-refractivity contribution in [1.82, 2.24) is 0 Å². The summed E-state index contributed by atoms with van der Waals surface area (Å²) in [5.74, 6) is 0. The van der Waals surface area contributed by atoms with Gasteiger partial charge in [-0.25, -0.2) is 0 Å². The second kappa shape index (κ2) is 12.1. The second-order valence-corrected chi connectivity index (χ2v) is 7.89. The van der Waals surface area contributed by atoms with Gasteiger partial charge in [-0.15, -0.1) is 0 Å². The minimum atomic E-state index is -0.564. The Labute approximate surface area is 194 Å². The number of rotatable bonds is 11. The van der Waals surface area contributed by atoms with E-state index in [0.717, 1.165) is 23.0 Å². The first kappa shape index (κ1) is 22.9. The number of carbonyl (C=O) groups is 1. The van der Waals surface area contributed by atoms with Crippen molar-refractivity contribution >= 4 is 6.29 Å². The van der Waals surface area contributed by atoms with Gasteiger partial charge in [0.15, 0.2) is 6.29 Å². The van der Waals surface area contributed by atoms with Crippen LogP contribution in [0.2, 0.25) is 0 Å². The number of aldehydes is 1. The number of benzene rings is 3. The monoisotopic (exact) mass is 444 g/mol. The van der Waals surface area contributed by atoms with Gasteiger partial charge in [-0.1, -0.05) is 91.0 Å². The number of hydrogen-bond acceptors (Lipinski definition) is 5. The minimum Gasteiger partial charge on any atom is -0.492 e. The molecule has 1 aliphatic rings. The summed E-state index contributed by atoms with van der Waals surface area (Å²) in [6.45, 7) is 1.51. The molecule has 3 aromatic rings. The highest BCUT2D eigenvalue weighted by Gasteiger charge is 2.38. The summed E-state index contributed by atoms with van der Waals surface area (Å²) in [5.41, 5.74) is 3.55. The van der Waals surface area contributed by atoms with Crippen molar-refractivity contribution in [3.8, 4) is 0 Å². The van der Waals surface area contributed by atoms with Crippen LogP contribution in [0.3, 0.4) is 0 Å². The third-order valence-corrected chi connectivity index (χ3v) is 5.46. The van der Waals surface area contributed by atoms with Gasteiger partial charge in [0, 0.05) is 0 Å². The fourth-order valence-corrected chi connectivity index (χ4v) is 3.70. The zero-order valence-electron chi connectivity index (χ0n) is 18.4. The Hall–Kier alpha value is -3.25. The Morgan fingerprint density at radius 1 is 0.697 bits per heavy atom. The Morgan fingerprint density at radius 2 is 1.21 bits per heavy atom. The molecule has 0 amide bonds. The quantitative estimate of drug-likeness (QED) is 0.396. The van der Waals surface area contributed by atoms with Crippen LogP contribution in [0.15, 0.2) is 103 Å². The average molecular weight is 445 g/mol. The van der Waals surface area contributed by atoms with E-state index in [1.807, 2.05) is 91.0 Å². The maximum Gasteiger partial charge on any atom is 0.151 e. The molecule has 0 N–H and O–H groups in total. The highest BCUT2D eigenvalue weighted by Crippen LogP contribution is 2.26. The third-order valence-electron chi connectivity index (χ3n) is 5.46. The van der Waals surface area contributed by atoms with Crippen LogP contribution in [0.4, 0.5) is 0 Å². The molecule has 1 aliphatic heterocycles. The van der Waals surface area contributed by atoms with Gasteiger partial charge >= 0.3 is 0 Å². The number of ether oxygens (including phenoxy) is 4. The van der Waals surface area contributed by atoms with Crippen LogP contribution < -0.4 is 0 Å². The van der Waals surface area contributed by atoms with E-state index < -0.39 is 18.3 Å². The van der Waals surface area contributed by atoms with Crippen LogP contribution in [0.5, 0.6) is 0 Å². The van der Waals surface area contributed by atoms with Crippen molar-refractivity contribution in [2.75, 3.05) is 6.61 Å². The van der Waals surface area contributed by atoms with E-state index >= 15 is 0 Å². The van der Waals surface area contributed by atoms with Crippen molar-refractivity contribution in [1.29, 1.82) is 0 Å². The molecule has 0 radical (unpaired) electrons. The van der Waals surface area contributed by atoms with Gasteiger partial charge in [0.25, 0.3) is 0 Å². The minimum absolute atomic E-state index is 0.308. The lowest BCUT2D eigenvalue weighted by Crippen LogP contribution is -2.48. The van der Waals surface area contributed by atoms with Gasteiger partial charge in [-0.2, -0.15) is 0 Å². The smallest absolute Gasteiger partial charge is 0.151 e. The zero-order chi connectivity index (χ0) is 22.7. The highest BCUT2D eigenvalue weighted by molar-refractivity contribution is 5.74. The van der Waals surface area contributed by atoms with Gasteiger partial charge in [0.05, 0.1) is 38.3 Å². The molecule has 5 heteroatoms. The molecular weight excluding hydrogens is 416 g/mol. The lowest BCUT2D eigenvalue weighted by Gasteiger charge is -2.36. The lowest BCUT2D eigenvalue weighted by molar-refractivity contribution is -0.153. The molecule has 3 atom stereocenters. The van der Waals surface area contributed by atoms with E-state index in [1.165, 1.54) is 6.26 Å². The van der Waals surface area contributed by atoms with Crippen LogP contribution >= 0.6 is 0 Å². The SMILES string of the molecule is O=CC1=CO[C@H](COCc2ccccc2)[C@H](OCc2ccccc2)[C@H]1OCc1ccccc1. The standard InChI is InChI=1S/C28H28O5/c29-16-25-20-31-26(21-30-17-22-10-4-1-5-11-22)28(33-19-24-14-8-3-9-15-24)27(25)32-18-23-12-6-2-7-13-23/h1-16,20,26-28H,17-19,21H2/t26-,27+,28+/m1/s1. The summed E-state index contributed by atoms with van der Waals surface area (Å²) in [5, 5.41) is 0. The molecule has 3 aromatic carbocycles. The van der Waals surface area contributed by atoms with E-state index in [9.17, 15) is 4.79 Å². The van der Waals surface area contributed by atoms with Crippen molar-refractivity contribution in [2.24, 2.45) is 0 Å². The predicted molar refractivity (Wildman–Crippen MR) is 125 cm³/mol. The summed E-state index contributed by atoms with van der Waals surface area (Å²) in [6.07, 6.45) is 0.763. The van der Waals surface area contributed by atoms with Crippen LogP contribution in [-0.2, 0) is 43.6 Å². The van der Waals surface area contributed by atoms with E-state index in [4.69, 9.17) is 18.9 Å². The predicted octanol–water partition coefficient (Wildman–Crippen LogP) is 4.86. The fraction of sp³-hybridized carbons (Fsp3) is 0.250. The Morgan fingerprint density at radius 3 is 1.76 bits per heavy atom. The van der Waals surface area contributed by atoms with Crippen molar-refractivity contribution < 1.29 is 23.7 Å². The van der Waals surface area contributed by atoms with Gasteiger partial charge in [0.2, 0.25) is 0 Å². The summed E-state index contributed by atoms with van der Waals surface area (Å²) in [7, 11) is 0. The van der Waals surface area contributed by atoms with Crippen molar-refractivity contribution in [2.45, 2.75) is 38.1 Å². The molecular formula is C28H28O5. The van der Waals surface area contributed by atoms with Crippen molar-refractivity contribution in [3.63, 3.8) is 0 Å². The lowest BCUT2D eigenvalue weighted by atomic mass is 9.99. The summed E-state index contributed by atoms with van der Waals surface area (Å²) < 4.78 is 24.3. The summed E-state index contributed by atoms with van der Waals surface area (Å²) in [6, 6.07) is 29.7. The Bertz CT molecular complexity index is 1000. The molecule has 1 heterocycles. The highest BCUT2D eigenvalue weighted by atomic mass is 16.6. The average Bonchev–Trinajstić information content (AvgIpc) is 2.88. The van der Waals surface area contributed by atoms with Crippen LogP contribution in [0.25, 0.3) is 0 Å². The topological polar surface area (TPSA) is 54.0 Å². The first-order chi connectivity index (χ1) is 16.3. The molecule has 4 rings (SSSR count). The van der Waals surface area contributed by atoms with Gasteiger partial charge < -0.3 is 18.9 Å². The first-order valence-corrected chi connectivity index (χ1v) is 11.1. The van der Waals surface area contributed by atoms with Crippen LogP contribution in [0.1, 0.15) is 16.7 Å². The van der Waals surface area contributed by atoms with E-state index in [-0.39, 0.29) is 0 Å². The molecule has 0 spiro atoms. The van der Waals surface area contributed by atoms with Gasteiger partial charge in [-0.05, 0) is 16.7 Å². The molecule has 0 fully saturated rings. The first-order valence-electron chi connectivity index (χ1n) is 11.1. The van der Waals surface area contributed by atoms with Crippen LogP contribution in [-0.4, -0.2) is 31.2 Å². The maximum atomic E-state index is 11.8. The van der Waals surface area contributed by atoms with E-state index in [1.54, 1.807) is 0 Å². The normalized spacial score (nSPS) is 20.0. The molecule has 0 aromatic heterocycles. The van der Waals surface area contributed by atoms with Crippen LogP contribution in [0, 0.1) is 0 Å². The van der Waals surface area contributed by atoms with Crippen molar-refractivity contribution in [3.05, 3.63) is 120 Å². The second-order valence-electron chi connectivity index (χ2n) is 7.89. The summed E-state index contributed by atoms with van der Waals surface area (Å²) in [4.78, 5) is 11.8. The summed E-state index contributed by atoms with van der Waals surface area (Å²) >= 11 is 0. The fourth-order valence-electron chi connectivity index (χ4n) is 3.70. The molecule has 0 unspecified atom stereocenters. The largest absolute Gasteiger partial charge is 0.492 e. The molecule has 0 saturated carbocycles. The molecule has 33 heavy (non-hydrogen) atoms. The molecule has 0 saturated heterocycles. The van der Waals surface area contributed by atoms with Gasteiger partial charge in [-0.3, -0.25) is 4.79 Å². The zero-order valence-corrected chi connectivity index (χ0v) is 18.4. The number of carbonyl (C=O) groups excluding carboxylic acids is 1.